The second-order valence-corrected chi connectivity index (χ2v) is 4.70. The standard InChI is InChI=1S/C15H18FN5O/c1-2-10-9-19-15(20-12-5-3-4-11(16)8-12)21-14(10)18-7-6-13(17)22/h3-5,8-9H,2,6-7H2,1H3,(H2,17,22)(H2,18,19,20,21). The van der Waals surface area contributed by atoms with Crippen LogP contribution in [-0.4, -0.2) is 22.4 Å². The summed E-state index contributed by atoms with van der Waals surface area (Å²) in [6.07, 6.45) is 2.67. The van der Waals surface area contributed by atoms with Gasteiger partial charge in [-0.3, -0.25) is 4.79 Å². The molecule has 2 rings (SSSR count). The van der Waals surface area contributed by atoms with E-state index in [1.165, 1.54) is 12.1 Å². The van der Waals surface area contributed by atoms with Crippen molar-refractivity contribution in [3.63, 3.8) is 0 Å². The van der Waals surface area contributed by atoms with Crippen molar-refractivity contribution in [3.8, 4) is 0 Å². The number of nitrogens with two attached hydrogens (primary N) is 1. The van der Waals surface area contributed by atoms with E-state index in [1.807, 2.05) is 6.92 Å². The fourth-order valence-electron chi connectivity index (χ4n) is 1.88. The van der Waals surface area contributed by atoms with Crippen LogP contribution in [-0.2, 0) is 11.2 Å². The molecular formula is C15H18FN5O. The number of aryl methyl sites for hydroxylation is 1. The number of carbonyl (C=O) groups is 1. The van der Waals surface area contributed by atoms with Crippen molar-refractivity contribution in [2.75, 3.05) is 17.2 Å². The van der Waals surface area contributed by atoms with E-state index in [2.05, 4.69) is 20.6 Å². The molecular weight excluding hydrogens is 285 g/mol. The lowest BCUT2D eigenvalue weighted by atomic mass is 10.2. The number of halogens is 1. The fraction of sp³-hybridized carbons (Fsp3) is 0.267. The predicted molar refractivity (Wildman–Crippen MR) is 83.4 cm³/mol. The van der Waals surface area contributed by atoms with Gasteiger partial charge in [0, 0.05) is 30.4 Å². The lowest BCUT2D eigenvalue weighted by molar-refractivity contribution is -0.117. The van der Waals surface area contributed by atoms with Gasteiger partial charge in [0.05, 0.1) is 0 Å². The van der Waals surface area contributed by atoms with Crippen molar-refractivity contribution < 1.29 is 9.18 Å². The van der Waals surface area contributed by atoms with Crippen LogP contribution in [0.2, 0.25) is 0 Å². The van der Waals surface area contributed by atoms with E-state index in [1.54, 1.807) is 18.3 Å². The van der Waals surface area contributed by atoms with Crippen molar-refractivity contribution in [1.82, 2.24) is 9.97 Å². The summed E-state index contributed by atoms with van der Waals surface area (Å²) in [4.78, 5) is 19.3. The first-order valence-corrected chi connectivity index (χ1v) is 6.99. The van der Waals surface area contributed by atoms with Crippen LogP contribution >= 0.6 is 0 Å². The highest BCUT2D eigenvalue weighted by molar-refractivity contribution is 5.74. The number of rotatable bonds is 7. The highest BCUT2D eigenvalue weighted by atomic mass is 19.1. The molecule has 0 aliphatic heterocycles. The van der Waals surface area contributed by atoms with Gasteiger partial charge in [0.2, 0.25) is 11.9 Å². The van der Waals surface area contributed by atoms with E-state index in [0.717, 1.165) is 12.0 Å². The maximum Gasteiger partial charge on any atom is 0.229 e. The van der Waals surface area contributed by atoms with Gasteiger partial charge in [0.25, 0.3) is 0 Å². The van der Waals surface area contributed by atoms with Crippen molar-refractivity contribution >= 4 is 23.4 Å². The molecule has 1 heterocycles. The summed E-state index contributed by atoms with van der Waals surface area (Å²) in [7, 11) is 0. The number of primary amides is 1. The maximum absolute atomic E-state index is 13.2. The minimum atomic E-state index is -0.377. The Labute approximate surface area is 128 Å². The highest BCUT2D eigenvalue weighted by Crippen LogP contribution is 2.18. The summed E-state index contributed by atoms with van der Waals surface area (Å²) in [5.74, 6) is 0.273. The van der Waals surface area contributed by atoms with Gasteiger partial charge in [0.1, 0.15) is 11.6 Å². The highest BCUT2D eigenvalue weighted by Gasteiger charge is 2.07. The van der Waals surface area contributed by atoms with Crippen LogP contribution in [0.15, 0.2) is 30.5 Å². The van der Waals surface area contributed by atoms with Crippen LogP contribution in [0, 0.1) is 5.82 Å². The van der Waals surface area contributed by atoms with Crippen LogP contribution in [0.25, 0.3) is 0 Å². The van der Waals surface area contributed by atoms with Gasteiger partial charge in [-0.05, 0) is 24.6 Å². The summed E-state index contributed by atoms with van der Waals surface area (Å²) in [5, 5.41) is 6.01. The van der Waals surface area contributed by atoms with Crippen molar-refractivity contribution in [2.24, 2.45) is 5.73 Å². The molecule has 0 radical (unpaired) electrons. The molecule has 0 saturated heterocycles. The second kappa shape index (κ2) is 7.35. The SMILES string of the molecule is CCc1cnc(Nc2cccc(F)c2)nc1NCCC(N)=O. The summed E-state index contributed by atoms with van der Waals surface area (Å²) in [6, 6.07) is 6.05. The molecule has 7 heteroatoms. The fourth-order valence-corrected chi connectivity index (χ4v) is 1.88. The van der Waals surface area contributed by atoms with Gasteiger partial charge in [-0.25, -0.2) is 9.37 Å². The molecule has 0 spiro atoms. The van der Waals surface area contributed by atoms with Crippen LogP contribution in [0.4, 0.5) is 21.8 Å². The topological polar surface area (TPSA) is 92.9 Å². The monoisotopic (exact) mass is 303 g/mol. The Morgan fingerprint density at radius 1 is 1.41 bits per heavy atom. The third-order valence-electron chi connectivity index (χ3n) is 2.99. The molecule has 0 saturated carbocycles. The van der Waals surface area contributed by atoms with E-state index in [4.69, 9.17) is 5.73 Å². The number of nitrogens with one attached hydrogen (secondary N) is 2. The number of hydrogen-bond donors (Lipinski definition) is 3. The van der Waals surface area contributed by atoms with E-state index in [0.29, 0.717) is 24.0 Å². The molecule has 116 valence electrons. The molecule has 0 aliphatic rings. The minimum absolute atomic E-state index is 0.222. The third kappa shape index (κ3) is 4.41. The predicted octanol–water partition coefficient (Wildman–Crippen LogP) is 2.21. The Bertz CT molecular complexity index is 662. The average molecular weight is 303 g/mol. The van der Waals surface area contributed by atoms with E-state index >= 15 is 0 Å². The molecule has 6 nitrogen and oxygen atoms in total. The first-order chi connectivity index (χ1) is 10.6. The number of anilines is 3. The normalized spacial score (nSPS) is 10.3. The maximum atomic E-state index is 13.2. The molecule has 0 atom stereocenters. The first-order valence-electron chi connectivity index (χ1n) is 6.99. The van der Waals surface area contributed by atoms with Crippen molar-refractivity contribution in [1.29, 1.82) is 0 Å². The zero-order valence-corrected chi connectivity index (χ0v) is 12.3. The number of aromatic nitrogens is 2. The quantitative estimate of drug-likeness (QED) is 0.729. The Hall–Kier alpha value is -2.70. The van der Waals surface area contributed by atoms with E-state index in [9.17, 15) is 9.18 Å². The number of hydrogen-bond acceptors (Lipinski definition) is 5. The van der Waals surface area contributed by atoms with Crippen molar-refractivity contribution in [3.05, 3.63) is 41.8 Å². The van der Waals surface area contributed by atoms with Gasteiger partial charge in [-0.2, -0.15) is 4.98 Å². The smallest absolute Gasteiger partial charge is 0.229 e. The van der Waals surface area contributed by atoms with E-state index in [-0.39, 0.29) is 18.1 Å². The van der Waals surface area contributed by atoms with Crippen LogP contribution < -0.4 is 16.4 Å². The summed E-state index contributed by atoms with van der Waals surface area (Å²) >= 11 is 0. The Kier molecular flexibility index (Phi) is 5.24. The number of carbonyl (C=O) groups excluding carboxylic acids is 1. The number of nitrogens with zero attached hydrogens (tertiary/aromatic N) is 2. The second-order valence-electron chi connectivity index (χ2n) is 4.70. The van der Waals surface area contributed by atoms with Crippen LogP contribution in [0.3, 0.4) is 0 Å². The molecule has 0 aliphatic carbocycles. The first kappa shape index (κ1) is 15.7. The zero-order chi connectivity index (χ0) is 15.9. The molecule has 4 N–H and O–H groups in total. The Morgan fingerprint density at radius 3 is 2.91 bits per heavy atom. The van der Waals surface area contributed by atoms with Crippen molar-refractivity contribution in [2.45, 2.75) is 19.8 Å². The third-order valence-corrected chi connectivity index (χ3v) is 2.99. The van der Waals surface area contributed by atoms with Gasteiger partial charge in [-0.15, -0.1) is 0 Å². The molecule has 0 fully saturated rings. The average Bonchev–Trinajstić information content (AvgIpc) is 2.47. The molecule has 0 bridgehead atoms. The molecule has 22 heavy (non-hydrogen) atoms. The lowest BCUT2D eigenvalue weighted by Gasteiger charge is -2.11. The summed E-state index contributed by atoms with van der Waals surface area (Å²) in [6.45, 7) is 2.39. The van der Waals surface area contributed by atoms with E-state index < -0.39 is 0 Å². The zero-order valence-electron chi connectivity index (χ0n) is 12.3. The Morgan fingerprint density at radius 2 is 2.23 bits per heavy atom. The molecule has 2 aromatic rings. The van der Waals surface area contributed by atoms with Gasteiger partial charge in [0.15, 0.2) is 0 Å². The lowest BCUT2D eigenvalue weighted by Crippen LogP contribution is -2.17. The summed E-state index contributed by atoms with van der Waals surface area (Å²) < 4.78 is 13.2. The number of benzene rings is 1. The van der Waals surface area contributed by atoms with Gasteiger partial charge in [-0.1, -0.05) is 13.0 Å². The largest absolute Gasteiger partial charge is 0.370 e. The van der Waals surface area contributed by atoms with Crippen LogP contribution in [0.5, 0.6) is 0 Å². The Balaban J connectivity index is 2.13. The molecule has 1 aromatic heterocycles. The molecule has 0 unspecified atom stereocenters. The number of amides is 1. The molecule has 1 aromatic carbocycles. The van der Waals surface area contributed by atoms with Gasteiger partial charge < -0.3 is 16.4 Å². The van der Waals surface area contributed by atoms with Gasteiger partial charge >= 0.3 is 0 Å². The summed E-state index contributed by atoms with van der Waals surface area (Å²) in [5.41, 5.74) is 6.60. The minimum Gasteiger partial charge on any atom is -0.370 e. The van der Waals surface area contributed by atoms with Crippen LogP contribution in [0.1, 0.15) is 18.9 Å². The molecule has 1 amide bonds.